The SMILES string of the molecule is C=C1C(=CC=C2CCC[C@]3(C)[C@@H](C(C)(C)C=C[C@@H](O)C4(c5nc(CCCC)cs5)CC4)CC[C@@H]23)C[C@@H](O)C[C@@H]1O. The molecule has 0 spiro atoms. The van der Waals surface area contributed by atoms with Gasteiger partial charge in [0.1, 0.15) is 5.01 Å². The van der Waals surface area contributed by atoms with Gasteiger partial charge in [-0.25, -0.2) is 4.98 Å². The Balaban J connectivity index is 1.30. The predicted molar refractivity (Wildman–Crippen MR) is 165 cm³/mol. The third-order valence-corrected chi connectivity index (χ3v) is 12.1. The van der Waals surface area contributed by atoms with Crippen molar-refractivity contribution in [3.8, 4) is 0 Å². The Hall–Kier alpha value is -1.53. The van der Waals surface area contributed by atoms with Gasteiger partial charge in [0.15, 0.2) is 0 Å². The normalized spacial score (nSPS) is 35.0. The number of unbranched alkanes of at least 4 members (excludes halogenated alkanes) is 1. The Labute approximate surface area is 246 Å². The second-order valence-electron chi connectivity index (χ2n) is 14.1. The summed E-state index contributed by atoms with van der Waals surface area (Å²) in [5, 5.41) is 35.2. The van der Waals surface area contributed by atoms with E-state index in [-0.39, 0.29) is 16.2 Å². The largest absolute Gasteiger partial charge is 0.393 e. The van der Waals surface area contributed by atoms with Gasteiger partial charge in [-0.3, -0.25) is 0 Å². The molecule has 0 saturated heterocycles. The number of aryl methyl sites for hydroxylation is 1. The lowest BCUT2D eigenvalue weighted by Gasteiger charge is -2.47. The summed E-state index contributed by atoms with van der Waals surface area (Å²) in [4.78, 5) is 4.94. The number of hydrogen-bond acceptors (Lipinski definition) is 5. The summed E-state index contributed by atoms with van der Waals surface area (Å²) in [6.45, 7) is 13.6. The number of rotatable bonds is 9. The highest BCUT2D eigenvalue weighted by atomic mass is 32.1. The molecule has 0 bridgehead atoms. The van der Waals surface area contributed by atoms with E-state index in [0.29, 0.717) is 24.7 Å². The maximum absolute atomic E-state index is 11.4. The minimum Gasteiger partial charge on any atom is -0.393 e. The van der Waals surface area contributed by atoms with Gasteiger partial charge in [-0.05, 0) is 98.0 Å². The number of hydrogen-bond donors (Lipinski definition) is 3. The van der Waals surface area contributed by atoms with Gasteiger partial charge in [-0.2, -0.15) is 0 Å². The lowest BCUT2D eigenvalue weighted by Crippen LogP contribution is -2.39. The monoisotopic (exact) mass is 565 g/mol. The van der Waals surface area contributed by atoms with E-state index in [1.54, 1.807) is 11.3 Å². The molecule has 1 aromatic rings. The molecule has 4 nitrogen and oxygen atoms in total. The summed E-state index contributed by atoms with van der Waals surface area (Å²) < 4.78 is 0. The second-order valence-corrected chi connectivity index (χ2v) is 15.0. The van der Waals surface area contributed by atoms with Crippen molar-refractivity contribution in [2.45, 2.75) is 128 Å². The number of nitrogens with zero attached hydrogens (tertiary/aromatic N) is 1. The van der Waals surface area contributed by atoms with Gasteiger partial charge in [-0.1, -0.05) is 70.6 Å². The first-order valence-corrected chi connectivity index (χ1v) is 16.7. The molecule has 4 aliphatic carbocycles. The van der Waals surface area contributed by atoms with Crippen LogP contribution >= 0.6 is 11.3 Å². The minimum atomic E-state index is -0.641. The summed E-state index contributed by atoms with van der Waals surface area (Å²) in [7, 11) is 0. The molecule has 5 heteroatoms. The molecule has 0 radical (unpaired) electrons. The predicted octanol–water partition coefficient (Wildman–Crippen LogP) is 7.60. The van der Waals surface area contributed by atoms with Crippen molar-refractivity contribution < 1.29 is 15.3 Å². The molecule has 4 fully saturated rings. The van der Waals surface area contributed by atoms with E-state index in [0.717, 1.165) is 41.8 Å². The van der Waals surface area contributed by atoms with E-state index < -0.39 is 18.3 Å². The highest BCUT2D eigenvalue weighted by Crippen LogP contribution is 2.62. The molecule has 5 rings (SSSR count). The molecular formula is C35H51NO3S. The lowest BCUT2D eigenvalue weighted by atomic mass is 9.57. The molecule has 0 aromatic carbocycles. The highest BCUT2D eigenvalue weighted by molar-refractivity contribution is 7.09. The van der Waals surface area contributed by atoms with Gasteiger partial charge < -0.3 is 15.3 Å². The summed E-state index contributed by atoms with van der Waals surface area (Å²) in [6.07, 6.45) is 19.6. The van der Waals surface area contributed by atoms with Crippen molar-refractivity contribution in [3.05, 3.63) is 63.7 Å². The fourth-order valence-corrected chi connectivity index (χ4v) is 9.49. The fraction of sp³-hybridized carbons (Fsp3) is 0.686. The second kappa shape index (κ2) is 11.6. The molecular weight excluding hydrogens is 514 g/mol. The maximum Gasteiger partial charge on any atom is 0.102 e. The molecule has 0 amide bonds. The molecule has 1 heterocycles. The van der Waals surface area contributed by atoms with Gasteiger partial charge in [-0.15, -0.1) is 11.3 Å². The van der Waals surface area contributed by atoms with Gasteiger partial charge in [0.2, 0.25) is 0 Å². The van der Waals surface area contributed by atoms with Crippen molar-refractivity contribution in [2.75, 3.05) is 0 Å². The number of fused-ring (bicyclic) bond motifs is 1. The highest BCUT2D eigenvalue weighted by Gasteiger charge is 2.54. The molecule has 4 aliphatic rings. The Morgan fingerprint density at radius 1 is 1.20 bits per heavy atom. The standard InChI is InChI=1S/C35H51NO3S/c1-6-7-10-26-22-40-32(36-26)35(18-19-35)31(39)15-17-33(3,4)30-14-13-28-24(9-8-16-34(28,30)5)11-12-25-20-27(37)21-29(38)23(25)2/h11-12,15,17,22,27-31,37-39H,2,6-10,13-14,16,18-21H2,1,3-5H3/t27-,28+,29+,30-,31-,34+/m1/s1. The number of aromatic nitrogens is 1. The van der Waals surface area contributed by atoms with Crippen LogP contribution in [-0.4, -0.2) is 38.6 Å². The third kappa shape index (κ3) is 5.73. The van der Waals surface area contributed by atoms with Gasteiger partial charge in [0.25, 0.3) is 0 Å². The summed E-state index contributed by atoms with van der Waals surface area (Å²) in [5.74, 6) is 1.10. The quantitative estimate of drug-likeness (QED) is 0.270. The maximum atomic E-state index is 11.4. The van der Waals surface area contributed by atoms with Crippen LogP contribution in [0.15, 0.2) is 53.0 Å². The van der Waals surface area contributed by atoms with Crippen LogP contribution in [0.2, 0.25) is 0 Å². The minimum absolute atomic E-state index is 0.0114. The van der Waals surface area contributed by atoms with Crippen molar-refractivity contribution in [1.82, 2.24) is 4.98 Å². The first kappa shape index (κ1) is 29.9. The Morgan fingerprint density at radius 3 is 2.70 bits per heavy atom. The number of allylic oxidation sites excluding steroid dienone is 4. The zero-order chi connectivity index (χ0) is 28.7. The van der Waals surface area contributed by atoms with Gasteiger partial charge >= 0.3 is 0 Å². The van der Waals surface area contributed by atoms with E-state index in [9.17, 15) is 15.3 Å². The zero-order valence-corrected chi connectivity index (χ0v) is 26.0. The van der Waals surface area contributed by atoms with Gasteiger partial charge in [0, 0.05) is 11.8 Å². The summed E-state index contributed by atoms with van der Waals surface area (Å²) in [6, 6.07) is 0. The molecule has 0 aliphatic heterocycles. The molecule has 4 saturated carbocycles. The first-order valence-electron chi connectivity index (χ1n) is 15.8. The van der Waals surface area contributed by atoms with E-state index in [1.165, 1.54) is 49.8 Å². The van der Waals surface area contributed by atoms with Crippen LogP contribution in [0, 0.1) is 22.7 Å². The summed E-state index contributed by atoms with van der Waals surface area (Å²) >= 11 is 1.74. The van der Waals surface area contributed by atoms with Crippen molar-refractivity contribution >= 4 is 11.3 Å². The Bertz CT molecular complexity index is 1170. The fourth-order valence-electron chi connectivity index (χ4n) is 8.35. The average molecular weight is 566 g/mol. The third-order valence-electron chi connectivity index (χ3n) is 11.0. The van der Waals surface area contributed by atoms with Crippen molar-refractivity contribution in [3.63, 3.8) is 0 Å². The number of aliphatic hydroxyl groups excluding tert-OH is 3. The van der Waals surface area contributed by atoms with Crippen LogP contribution in [0.1, 0.15) is 109 Å². The number of aliphatic hydroxyl groups is 3. The molecule has 3 N–H and O–H groups in total. The van der Waals surface area contributed by atoms with Crippen LogP contribution < -0.4 is 0 Å². The molecule has 0 unspecified atom stereocenters. The zero-order valence-electron chi connectivity index (χ0n) is 25.2. The molecule has 220 valence electrons. The van der Waals surface area contributed by atoms with Crippen LogP contribution in [0.3, 0.4) is 0 Å². The van der Waals surface area contributed by atoms with Crippen LogP contribution in [-0.2, 0) is 11.8 Å². The van der Waals surface area contributed by atoms with Crippen molar-refractivity contribution in [1.29, 1.82) is 0 Å². The van der Waals surface area contributed by atoms with E-state index in [2.05, 4.69) is 64.0 Å². The van der Waals surface area contributed by atoms with E-state index >= 15 is 0 Å². The Kier molecular flexibility index (Phi) is 8.70. The van der Waals surface area contributed by atoms with E-state index in [1.807, 2.05) is 0 Å². The van der Waals surface area contributed by atoms with E-state index in [4.69, 9.17) is 4.98 Å². The van der Waals surface area contributed by atoms with Crippen LogP contribution in [0.5, 0.6) is 0 Å². The Morgan fingerprint density at radius 2 is 1.98 bits per heavy atom. The van der Waals surface area contributed by atoms with Crippen LogP contribution in [0.25, 0.3) is 0 Å². The molecule has 1 aromatic heterocycles. The average Bonchev–Trinajstić information content (AvgIpc) is 3.43. The summed E-state index contributed by atoms with van der Waals surface area (Å²) in [5.41, 5.74) is 4.50. The van der Waals surface area contributed by atoms with Crippen LogP contribution in [0.4, 0.5) is 0 Å². The van der Waals surface area contributed by atoms with Gasteiger partial charge in [0.05, 0.1) is 29.4 Å². The lowest BCUT2D eigenvalue weighted by molar-refractivity contribution is 0.0706. The first-order chi connectivity index (χ1) is 19.0. The molecule has 6 atom stereocenters. The topological polar surface area (TPSA) is 73.6 Å². The number of thiazole rings is 1. The van der Waals surface area contributed by atoms with Crippen molar-refractivity contribution in [2.24, 2.45) is 22.7 Å². The smallest absolute Gasteiger partial charge is 0.102 e. The molecule has 40 heavy (non-hydrogen) atoms.